The molecule has 0 saturated carbocycles. The third-order valence-electron chi connectivity index (χ3n) is 2.96. The lowest BCUT2D eigenvalue weighted by Gasteiger charge is -2.14. The van der Waals surface area contributed by atoms with E-state index in [0.717, 1.165) is 23.1 Å². The van der Waals surface area contributed by atoms with Crippen LogP contribution in [0.1, 0.15) is 34.7 Å². The fraction of sp³-hybridized carbons (Fsp3) is 0.364. The lowest BCUT2D eigenvalue weighted by molar-refractivity contribution is 0.555. The Balaban J connectivity index is 2.43. The van der Waals surface area contributed by atoms with Gasteiger partial charge in [-0.2, -0.15) is 18.4 Å². The molecule has 5 nitrogen and oxygen atoms in total. The van der Waals surface area contributed by atoms with Crippen LogP contribution in [0.25, 0.3) is 0 Å². The van der Waals surface area contributed by atoms with E-state index in [1.165, 1.54) is 0 Å². The molecule has 1 atom stereocenters. The van der Waals surface area contributed by atoms with Crippen molar-refractivity contribution in [1.29, 1.82) is 5.26 Å². The van der Waals surface area contributed by atoms with Crippen molar-refractivity contribution >= 4 is 10.2 Å². The summed E-state index contributed by atoms with van der Waals surface area (Å²) in [4.78, 5) is 0. The van der Waals surface area contributed by atoms with Gasteiger partial charge in [0.1, 0.15) is 0 Å². The lowest BCUT2D eigenvalue weighted by atomic mass is 9.99. The standard InChI is InChI=1S/C11H13N3O2S/c1-7-4-8(6-12)5-9-2-3-10(11(7)9)14-17(13,15)16/h4-5,10,14H,2-3H2,1H3,(H2,13,15,16). The number of hydrogen-bond acceptors (Lipinski definition) is 3. The van der Waals surface area contributed by atoms with Gasteiger partial charge in [0, 0.05) is 6.04 Å². The van der Waals surface area contributed by atoms with Gasteiger partial charge in [0.15, 0.2) is 0 Å². The van der Waals surface area contributed by atoms with Crippen LogP contribution in [0.2, 0.25) is 0 Å². The van der Waals surface area contributed by atoms with E-state index in [9.17, 15) is 8.42 Å². The van der Waals surface area contributed by atoms with Crippen LogP contribution in [-0.2, 0) is 16.6 Å². The fourth-order valence-corrected chi connectivity index (χ4v) is 3.03. The quantitative estimate of drug-likeness (QED) is 0.807. The van der Waals surface area contributed by atoms with Crippen LogP contribution < -0.4 is 9.86 Å². The van der Waals surface area contributed by atoms with Gasteiger partial charge in [0.25, 0.3) is 10.2 Å². The molecule has 0 aliphatic heterocycles. The van der Waals surface area contributed by atoms with Crippen LogP contribution in [0.5, 0.6) is 0 Å². The number of nitriles is 1. The highest BCUT2D eigenvalue weighted by Crippen LogP contribution is 2.34. The van der Waals surface area contributed by atoms with Crippen molar-refractivity contribution in [3.8, 4) is 6.07 Å². The van der Waals surface area contributed by atoms with Gasteiger partial charge in [-0.3, -0.25) is 0 Å². The molecule has 1 aromatic rings. The molecule has 0 saturated heterocycles. The second-order valence-corrected chi connectivity index (χ2v) is 5.56. The Hall–Kier alpha value is -1.42. The number of aryl methyl sites for hydroxylation is 2. The summed E-state index contributed by atoms with van der Waals surface area (Å²) >= 11 is 0. The number of fused-ring (bicyclic) bond motifs is 1. The Morgan fingerprint density at radius 3 is 2.82 bits per heavy atom. The number of nitrogens with one attached hydrogen (secondary N) is 1. The predicted molar refractivity (Wildman–Crippen MR) is 63.2 cm³/mol. The molecule has 1 aliphatic rings. The molecule has 0 radical (unpaired) electrons. The monoisotopic (exact) mass is 251 g/mol. The molecule has 0 amide bonds. The van der Waals surface area contributed by atoms with Gasteiger partial charge in [-0.15, -0.1) is 0 Å². The van der Waals surface area contributed by atoms with Gasteiger partial charge < -0.3 is 0 Å². The van der Waals surface area contributed by atoms with E-state index in [1.54, 1.807) is 6.07 Å². The molecular weight excluding hydrogens is 238 g/mol. The molecule has 0 bridgehead atoms. The maximum Gasteiger partial charge on any atom is 0.274 e. The summed E-state index contributed by atoms with van der Waals surface area (Å²) in [5.41, 5.74) is 3.52. The molecule has 0 heterocycles. The zero-order valence-corrected chi connectivity index (χ0v) is 10.2. The SMILES string of the molecule is Cc1cc(C#N)cc2c1C(NS(N)(=O)=O)CC2. The third-order valence-corrected chi connectivity index (χ3v) is 3.57. The van der Waals surface area contributed by atoms with Crippen LogP contribution in [0.4, 0.5) is 0 Å². The summed E-state index contributed by atoms with van der Waals surface area (Å²) in [7, 11) is -3.70. The zero-order chi connectivity index (χ0) is 12.6. The van der Waals surface area contributed by atoms with E-state index in [2.05, 4.69) is 10.8 Å². The van der Waals surface area contributed by atoms with Crippen molar-refractivity contribution < 1.29 is 8.42 Å². The first-order valence-electron chi connectivity index (χ1n) is 5.24. The van der Waals surface area contributed by atoms with Crippen molar-refractivity contribution in [2.24, 2.45) is 5.14 Å². The van der Waals surface area contributed by atoms with E-state index >= 15 is 0 Å². The predicted octanol–water partition coefficient (Wildman–Crippen LogP) is 0.647. The summed E-state index contributed by atoms with van der Waals surface area (Å²) in [5.74, 6) is 0. The van der Waals surface area contributed by atoms with E-state index in [0.29, 0.717) is 12.0 Å². The van der Waals surface area contributed by atoms with Crippen molar-refractivity contribution in [2.45, 2.75) is 25.8 Å². The molecule has 1 aromatic carbocycles. The molecule has 90 valence electrons. The first-order valence-corrected chi connectivity index (χ1v) is 6.79. The van der Waals surface area contributed by atoms with Crippen molar-refractivity contribution in [3.63, 3.8) is 0 Å². The molecule has 0 fully saturated rings. The van der Waals surface area contributed by atoms with E-state index in [1.807, 2.05) is 13.0 Å². The molecule has 6 heteroatoms. The van der Waals surface area contributed by atoms with Gasteiger partial charge in [-0.05, 0) is 48.6 Å². The summed E-state index contributed by atoms with van der Waals surface area (Å²) < 4.78 is 24.5. The average Bonchev–Trinajstić information content (AvgIpc) is 2.59. The van der Waals surface area contributed by atoms with Crippen LogP contribution in [0.15, 0.2) is 12.1 Å². The number of nitrogens with two attached hydrogens (primary N) is 1. The van der Waals surface area contributed by atoms with Crippen molar-refractivity contribution in [2.75, 3.05) is 0 Å². The Morgan fingerprint density at radius 1 is 1.53 bits per heavy atom. The highest BCUT2D eigenvalue weighted by atomic mass is 32.2. The van der Waals surface area contributed by atoms with Crippen LogP contribution in [0.3, 0.4) is 0 Å². The Kier molecular flexibility index (Phi) is 2.91. The summed E-state index contributed by atoms with van der Waals surface area (Å²) in [6.45, 7) is 1.88. The van der Waals surface area contributed by atoms with Crippen LogP contribution in [-0.4, -0.2) is 8.42 Å². The topological polar surface area (TPSA) is 96.0 Å². The molecule has 17 heavy (non-hydrogen) atoms. The molecular formula is C11H13N3O2S. The summed E-state index contributed by atoms with van der Waals surface area (Å²) in [6, 6.07) is 5.41. The minimum absolute atomic E-state index is 0.271. The van der Waals surface area contributed by atoms with E-state index in [4.69, 9.17) is 10.4 Å². The number of benzene rings is 1. The van der Waals surface area contributed by atoms with Crippen LogP contribution >= 0.6 is 0 Å². The molecule has 0 spiro atoms. The summed E-state index contributed by atoms with van der Waals surface area (Å²) in [5, 5.41) is 13.9. The molecule has 1 unspecified atom stereocenters. The normalized spacial score (nSPS) is 18.8. The van der Waals surface area contributed by atoms with Crippen molar-refractivity contribution in [3.05, 3.63) is 34.4 Å². The number of hydrogen-bond donors (Lipinski definition) is 2. The summed E-state index contributed by atoms with van der Waals surface area (Å²) in [6.07, 6.45) is 1.44. The maximum absolute atomic E-state index is 11.0. The van der Waals surface area contributed by atoms with Gasteiger partial charge >= 0.3 is 0 Å². The third kappa shape index (κ3) is 2.47. The number of rotatable bonds is 2. The van der Waals surface area contributed by atoms with Gasteiger partial charge in [0.2, 0.25) is 0 Å². The van der Waals surface area contributed by atoms with E-state index < -0.39 is 10.2 Å². The Morgan fingerprint density at radius 2 is 2.24 bits per heavy atom. The fourth-order valence-electron chi connectivity index (χ4n) is 2.40. The minimum atomic E-state index is -3.70. The van der Waals surface area contributed by atoms with Gasteiger partial charge in [-0.25, -0.2) is 5.14 Å². The average molecular weight is 251 g/mol. The molecule has 3 N–H and O–H groups in total. The largest absolute Gasteiger partial charge is 0.274 e. The smallest absolute Gasteiger partial charge is 0.216 e. The molecule has 1 aliphatic carbocycles. The first-order chi connectivity index (χ1) is 7.90. The van der Waals surface area contributed by atoms with Gasteiger partial charge in [0.05, 0.1) is 11.6 Å². The Bertz CT molecular complexity index is 602. The molecule has 2 rings (SSSR count). The van der Waals surface area contributed by atoms with Gasteiger partial charge in [-0.1, -0.05) is 0 Å². The molecule has 0 aromatic heterocycles. The lowest BCUT2D eigenvalue weighted by Crippen LogP contribution is -2.33. The van der Waals surface area contributed by atoms with Crippen LogP contribution in [0, 0.1) is 18.3 Å². The second kappa shape index (κ2) is 4.11. The number of nitrogens with zero attached hydrogens (tertiary/aromatic N) is 1. The minimum Gasteiger partial charge on any atom is -0.216 e. The van der Waals surface area contributed by atoms with E-state index in [-0.39, 0.29) is 6.04 Å². The zero-order valence-electron chi connectivity index (χ0n) is 9.40. The van der Waals surface area contributed by atoms with Crippen molar-refractivity contribution in [1.82, 2.24) is 4.72 Å². The maximum atomic E-state index is 11.0. The Labute approximate surface area is 100 Å². The highest BCUT2D eigenvalue weighted by molar-refractivity contribution is 7.87. The first kappa shape index (κ1) is 12.0. The second-order valence-electron chi connectivity index (χ2n) is 4.23. The highest BCUT2D eigenvalue weighted by Gasteiger charge is 2.27.